The van der Waals surface area contributed by atoms with E-state index in [-0.39, 0.29) is 6.61 Å². The van der Waals surface area contributed by atoms with Crippen LogP contribution in [0.4, 0.5) is 0 Å². The number of nitrogens with zero attached hydrogens (tertiary/aromatic N) is 3. The van der Waals surface area contributed by atoms with Crippen LogP contribution in [0.25, 0.3) is 11.0 Å². The molecule has 2 aromatic heterocycles. The van der Waals surface area contributed by atoms with Gasteiger partial charge in [0, 0.05) is 18.8 Å². The Hall–Kier alpha value is -2.40. The van der Waals surface area contributed by atoms with Gasteiger partial charge < -0.3 is 14.2 Å². The maximum atomic E-state index is 9.10. The lowest BCUT2D eigenvalue weighted by atomic mass is 10.2. The van der Waals surface area contributed by atoms with Crippen molar-refractivity contribution >= 4 is 11.0 Å². The van der Waals surface area contributed by atoms with Crippen molar-refractivity contribution in [1.29, 1.82) is 5.41 Å². The van der Waals surface area contributed by atoms with E-state index >= 15 is 0 Å². The van der Waals surface area contributed by atoms with Crippen molar-refractivity contribution in [3.8, 4) is 0 Å². The highest BCUT2D eigenvalue weighted by molar-refractivity contribution is 5.80. The number of benzene rings is 1. The number of aryl methyl sites for hydroxylation is 1. The van der Waals surface area contributed by atoms with E-state index in [1.807, 2.05) is 25.1 Å². The fourth-order valence-corrected chi connectivity index (χ4v) is 2.83. The van der Waals surface area contributed by atoms with Gasteiger partial charge in [0.15, 0.2) is 0 Å². The summed E-state index contributed by atoms with van der Waals surface area (Å²) in [5.41, 5.74) is 4.66. The van der Waals surface area contributed by atoms with Crippen LogP contribution in [0.3, 0.4) is 0 Å². The van der Waals surface area contributed by atoms with Crippen LogP contribution in [0.1, 0.15) is 16.8 Å². The molecule has 0 bridgehead atoms. The Kier molecular flexibility index (Phi) is 3.81. The molecule has 0 amide bonds. The van der Waals surface area contributed by atoms with Gasteiger partial charge in [-0.2, -0.15) is 0 Å². The highest BCUT2D eigenvalue weighted by Gasteiger charge is 2.15. The summed E-state index contributed by atoms with van der Waals surface area (Å²) in [5, 5.41) is 18.3. The molecule has 0 aliphatic rings. The van der Waals surface area contributed by atoms with Crippen LogP contribution < -0.4 is 5.49 Å². The standard InChI is InChI=1S/C17H20N4O/c1-12-13(2)21(10-14-6-4-3-5-7-14)17-15(12)16(18)20(8-9-22)11-19-17/h3-7,11,18,22H,8-10H2,1-2H3. The zero-order valence-corrected chi connectivity index (χ0v) is 12.9. The van der Waals surface area contributed by atoms with E-state index in [4.69, 9.17) is 10.5 Å². The van der Waals surface area contributed by atoms with E-state index in [0.29, 0.717) is 12.0 Å². The molecule has 0 aliphatic heterocycles. The van der Waals surface area contributed by atoms with E-state index in [1.165, 1.54) is 5.56 Å². The minimum Gasteiger partial charge on any atom is -0.395 e. The highest BCUT2D eigenvalue weighted by Crippen LogP contribution is 2.21. The van der Waals surface area contributed by atoms with E-state index in [1.54, 1.807) is 10.9 Å². The number of hydrogen-bond donors (Lipinski definition) is 2. The highest BCUT2D eigenvalue weighted by atomic mass is 16.3. The number of fused-ring (bicyclic) bond motifs is 1. The monoisotopic (exact) mass is 296 g/mol. The van der Waals surface area contributed by atoms with Crippen LogP contribution in [0.15, 0.2) is 36.7 Å². The molecule has 5 heteroatoms. The maximum Gasteiger partial charge on any atom is 0.146 e. The third kappa shape index (κ3) is 2.33. The molecule has 0 radical (unpaired) electrons. The van der Waals surface area contributed by atoms with Crippen molar-refractivity contribution in [3.05, 3.63) is 59.0 Å². The summed E-state index contributed by atoms with van der Waals surface area (Å²) in [4.78, 5) is 4.53. The summed E-state index contributed by atoms with van der Waals surface area (Å²) in [6, 6.07) is 10.3. The van der Waals surface area contributed by atoms with Crippen molar-refractivity contribution in [2.75, 3.05) is 6.61 Å². The number of nitrogens with one attached hydrogen (secondary N) is 1. The summed E-state index contributed by atoms with van der Waals surface area (Å²) in [5.74, 6) is 0. The molecule has 0 spiro atoms. The molecular formula is C17H20N4O. The SMILES string of the molecule is Cc1c(C)n(Cc2ccccc2)c2ncn(CCO)c(=N)c12. The largest absolute Gasteiger partial charge is 0.395 e. The third-order valence-corrected chi connectivity index (χ3v) is 4.17. The average Bonchev–Trinajstić information content (AvgIpc) is 2.77. The van der Waals surface area contributed by atoms with Crippen LogP contribution in [0.2, 0.25) is 0 Å². The third-order valence-electron chi connectivity index (χ3n) is 4.17. The van der Waals surface area contributed by atoms with Gasteiger partial charge in [-0.1, -0.05) is 30.3 Å². The zero-order valence-electron chi connectivity index (χ0n) is 12.9. The van der Waals surface area contributed by atoms with Crippen molar-refractivity contribution in [3.63, 3.8) is 0 Å². The van der Waals surface area contributed by atoms with Crippen LogP contribution in [0.5, 0.6) is 0 Å². The van der Waals surface area contributed by atoms with E-state index in [0.717, 1.165) is 28.8 Å². The molecule has 0 fully saturated rings. The van der Waals surface area contributed by atoms with Crippen LogP contribution in [0, 0.1) is 19.3 Å². The summed E-state index contributed by atoms with van der Waals surface area (Å²) in [6.07, 6.45) is 1.64. The fraction of sp³-hybridized carbons (Fsp3) is 0.294. The predicted octanol–water partition coefficient (Wildman–Crippen LogP) is 1.97. The quantitative estimate of drug-likeness (QED) is 0.773. The molecule has 2 heterocycles. The molecule has 0 atom stereocenters. The molecule has 3 rings (SSSR count). The Morgan fingerprint density at radius 1 is 1.18 bits per heavy atom. The van der Waals surface area contributed by atoms with Gasteiger partial charge in [-0.25, -0.2) is 4.98 Å². The van der Waals surface area contributed by atoms with Crippen LogP contribution in [-0.4, -0.2) is 25.8 Å². The number of hydrogen-bond acceptors (Lipinski definition) is 3. The molecule has 22 heavy (non-hydrogen) atoms. The van der Waals surface area contributed by atoms with Gasteiger partial charge in [-0.15, -0.1) is 0 Å². The topological polar surface area (TPSA) is 66.8 Å². The Morgan fingerprint density at radius 2 is 1.91 bits per heavy atom. The van der Waals surface area contributed by atoms with Crippen molar-refractivity contribution in [2.45, 2.75) is 26.9 Å². The summed E-state index contributed by atoms with van der Waals surface area (Å²) < 4.78 is 3.84. The second kappa shape index (κ2) is 5.77. The Bertz CT molecular complexity index is 862. The lowest BCUT2D eigenvalue weighted by molar-refractivity contribution is 0.273. The Morgan fingerprint density at radius 3 is 2.59 bits per heavy atom. The van der Waals surface area contributed by atoms with Crippen molar-refractivity contribution in [1.82, 2.24) is 14.1 Å². The van der Waals surface area contributed by atoms with E-state index < -0.39 is 0 Å². The van der Waals surface area contributed by atoms with Gasteiger partial charge in [-0.3, -0.25) is 5.41 Å². The van der Waals surface area contributed by atoms with Crippen molar-refractivity contribution < 1.29 is 5.11 Å². The number of aliphatic hydroxyl groups excluding tert-OH is 1. The molecule has 114 valence electrons. The van der Waals surface area contributed by atoms with Crippen LogP contribution >= 0.6 is 0 Å². The molecule has 0 saturated carbocycles. The van der Waals surface area contributed by atoms with Gasteiger partial charge in [0.2, 0.25) is 0 Å². The van der Waals surface area contributed by atoms with Gasteiger partial charge in [0.25, 0.3) is 0 Å². The molecule has 1 aromatic carbocycles. The normalized spacial score (nSPS) is 11.2. The number of rotatable bonds is 4. The second-order valence-corrected chi connectivity index (χ2v) is 5.49. The molecule has 0 aliphatic carbocycles. The molecule has 2 N–H and O–H groups in total. The fourth-order valence-electron chi connectivity index (χ4n) is 2.83. The van der Waals surface area contributed by atoms with Crippen molar-refractivity contribution in [2.24, 2.45) is 0 Å². The summed E-state index contributed by atoms with van der Waals surface area (Å²) in [7, 11) is 0. The molecular weight excluding hydrogens is 276 g/mol. The van der Waals surface area contributed by atoms with Gasteiger partial charge >= 0.3 is 0 Å². The lowest BCUT2D eigenvalue weighted by Crippen LogP contribution is -2.22. The van der Waals surface area contributed by atoms with Gasteiger partial charge in [0.05, 0.1) is 18.3 Å². The van der Waals surface area contributed by atoms with Gasteiger partial charge in [0.1, 0.15) is 11.1 Å². The first-order valence-electron chi connectivity index (χ1n) is 7.37. The lowest BCUT2D eigenvalue weighted by Gasteiger charge is -2.09. The molecule has 3 aromatic rings. The second-order valence-electron chi connectivity index (χ2n) is 5.49. The summed E-state index contributed by atoms with van der Waals surface area (Å²) in [6.45, 7) is 5.24. The van der Waals surface area contributed by atoms with Crippen LogP contribution in [-0.2, 0) is 13.1 Å². The van der Waals surface area contributed by atoms with E-state index in [2.05, 4.69) is 28.6 Å². The van der Waals surface area contributed by atoms with E-state index in [9.17, 15) is 0 Å². The first-order chi connectivity index (χ1) is 10.6. The minimum atomic E-state index is 0.00644. The Balaban J connectivity index is 2.18. The van der Waals surface area contributed by atoms with Gasteiger partial charge in [-0.05, 0) is 25.0 Å². The molecule has 5 nitrogen and oxygen atoms in total. The molecule has 0 saturated heterocycles. The predicted molar refractivity (Wildman–Crippen MR) is 85.7 cm³/mol. The minimum absolute atomic E-state index is 0.00644. The first kappa shape index (κ1) is 14.5. The average molecular weight is 296 g/mol. The maximum absolute atomic E-state index is 9.10. The number of aromatic nitrogens is 3. The smallest absolute Gasteiger partial charge is 0.146 e. The Labute approximate surface area is 129 Å². The number of aliphatic hydroxyl groups is 1. The first-order valence-corrected chi connectivity index (χ1v) is 7.37. The molecule has 0 unspecified atom stereocenters. The summed E-state index contributed by atoms with van der Waals surface area (Å²) >= 11 is 0. The zero-order chi connectivity index (χ0) is 15.7.